The van der Waals surface area contributed by atoms with Crippen LogP contribution in [0, 0.1) is 5.41 Å². The van der Waals surface area contributed by atoms with Crippen molar-refractivity contribution in [3.63, 3.8) is 0 Å². The van der Waals surface area contributed by atoms with Crippen LogP contribution in [0.5, 0.6) is 0 Å². The summed E-state index contributed by atoms with van der Waals surface area (Å²) in [4.78, 5) is 20.4. The fourth-order valence-corrected chi connectivity index (χ4v) is 3.86. The van der Waals surface area contributed by atoms with Gasteiger partial charge in [-0.05, 0) is 32.2 Å². The van der Waals surface area contributed by atoms with Gasteiger partial charge in [0.2, 0.25) is 5.91 Å². The van der Waals surface area contributed by atoms with E-state index in [1.807, 2.05) is 20.8 Å². The molecule has 1 unspecified atom stereocenters. The third kappa shape index (κ3) is 6.48. The van der Waals surface area contributed by atoms with Gasteiger partial charge < -0.3 is 20.7 Å². The first-order chi connectivity index (χ1) is 13.0. The Bertz CT molecular complexity index is 597. The van der Waals surface area contributed by atoms with E-state index in [1.165, 1.54) is 4.88 Å². The first kappa shape index (κ1) is 21.7. The SMILES string of the molecule is CCNC(=NCC(C)(C)C(=O)NC)NCC(c1cccs1)N1CCOCC1. The first-order valence-corrected chi connectivity index (χ1v) is 10.5. The topological polar surface area (TPSA) is 78.0 Å². The predicted octanol–water partition coefficient (Wildman–Crippen LogP) is 1.45. The van der Waals surface area contributed by atoms with Crippen molar-refractivity contribution in [2.24, 2.45) is 10.4 Å². The Balaban J connectivity index is 2.04. The molecule has 1 saturated heterocycles. The summed E-state index contributed by atoms with van der Waals surface area (Å²) in [6.45, 7) is 11.2. The molecular weight excluding hydrogens is 362 g/mol. The van der Waals surface area contributed by atoms with E-state index in [1.54, 1.807) is 18.4 Å². The van der Waals surface area contributed by atoms with Gasteiger partial charge in [-0.2, -0.15) is 0 Å². The maximum atomic E-state index is 12.0. The smallest absolute Gasteiger partial charge is 0.227 e. The van der Waals surface area contributed by atoms with Crippen molar-refractivity contribution in [1.82, 2.24) is 20.9 Å². The molecule has 0 bridgehead atoms. The molecule has 0 radical (unpaired) electrons. The van der Waals surface area contributed by atoms with E-state index in [-0.39, 0.29) is 11.9 Å². The lowest BCUT2D eigenvalue weighted by Gasteiger charge is -2.34. The van der Waals surface area contributed by atoms with Gasteiger partial charge in [0.15, 0.2) is 5.96 Å². The van der Waals surface area contributed by atoms with E-state index in [0.29, 0.717) is 6.54 Å². The Labute approximate surface area is 166 Å². The third-order valence-electron chi connectivity index (χ3n) is 4.64. The molecule has 1 fully saturated rings. The van der Waals surface area contributed by atoms with Crippen molar-refractivity contribution in [3.05, 3.63) is 22.4 Å². The lowest BCUT2D eigenvalue weighted by atomic mass is 9.93. The second-order valence-corrected chi connectivity index (χ2v) is 8.20. The number of ether oxygens (including phenoxy) is 1. The van der Waals surface area contributed by atoms with Gasteiger partial charge in [0, 0.05) is 38.1 Å². The number of nitrogens with one attached hydrogen (secondary N) is 3. The summed E-state index contributed by atoms with van der Waals surface area (Å²) in [5.41, 5.74) is -0.547. The zero-order chi connectivity index (χ0) is 19.7. The van der Waals surface area contributed by atoms with Crippen LogP contribution >= 0.6 is 11.3 Å². The molecule has 3 N–H and O–H groups in total. The fraction of sp³-hybridized carbons (Fsp3) is 0.684. The summed E-state index contributed by atoms with van der Waals surface area (Å²) in [7, 11) is 1.66. The van der Waals surface area contributed by atoms with Crippen molar-refractivity contribution < 1.29 is 9.53 Å². The molecule has 8 heteroatoms. The highest BCUT2D eigenvalue weighted by Gasteiger charge is 2.27. The summed E-state index contributed by atoms with van der Waals surface area (Å²) in [5, 5.41) is 11.6. The summed E-state index contributed by atoms with van der Waals surface area (Å²) in [6.07, 6.45) is 0. The van der Waals surface area contributed by atoms with Gasteiger partial charge in [0.05, 0.1) is 31.2 Å². The molecule has 1 amide bonds. The van der Waals surface area contributed by atoms with Crippen molar-refractivity contribution in [3.8, 4) is 0 Å². The Morgan fingerprint density at radius 2 is 2.11 bits per heavy atom. The zero-order valence-corrected chi connectivity index (χ0v) is 17.7. The van der Waals surface area contributed by atoms with Gasteiger partial charge in [-0.25, -0.2) is 0 Å². The lowest BCUT2D eigenvalue weighted by Crippen LogP contribution is -2.46. The maximum Gasteiger partial charge on any atom is 0.227 e. The highest BCUT2D eigenvalue weighted by molar-refractivity contribution is 7.10. The number of hydrogen-bond acceptors (Lipinski definition) is 5. The lowest BCUT2D eigenvalue weighted by molar-refractivity contribution is -0.128. The van der Waals surface area contributed by atoms with Gasteiger partial charge >= 0.3 is 0 Å². The summed E-state index contributed by atoms with van der Waals surface area (Å²) in [6, 6.07) is 4.56. The number of thiophene rings is 1. The molecule has 0 saturated carbocycles. The number of nitrogens with zero attached hydrogens (tertiary/aromatic N) is 2. The minimum Gasteiger partial charge on any atom is -0.379 e. The Morgan fingerprint density at radius 3 is 2.70 bits per heavy atom. The summed E-state index contributed by atoms with van der Waals surface area (Å²) >= 11 is 1.78. The quantitative estimate of drug-likeness (QED) is 0.459. The van der Waals surface area contributed by atoms with Crippen molar-refractivity contribution in [2.45, 2.75) is 26.8 Å². The van der Waals surface area contributed by atoms with E-state index in [4.69, 9.17) is 4.74 Å². The highest BCUT2D eigenvalue weighted by atomic mass is 32.1. The number of rotatable bonds is 8. The minimum atomic E-state index is -0.547. The second kappa shape index (κ2) is 10.6. The molecule has 1 atom stereocenters. The molecule has 1 aliphatic rings. The molecule has 0 aromatic carbocycles. The van der Waals surface area contributed by atoms with E-state index in [2.05, 4.69) is 43.4 Å². The predicted molar refractivity (Wildman–Crippen MR) is 111 cm³/mol. The number of morpholine rings is 1. The standard InChI is InChI=1S/C19H33N5O2S/c1-5-21-18(23-14-19(2,3)17(25)20-4)22-13-15(16-7-6-12-27-16)24-8-10-26-11-9-24/h6-7,12,15H,5,8-11,13-14H2,1-4H3,(H,20,25)(H2,21,22,23). The van der Waals surface area contributed by atoms with Crippen LogP contribution in [0.1, 0.15) is 31.7 Å². The summed E-state index contributed by atoms with van der Waals surface area (Å²) < 4.78 is 5.51. The van der Waals surface area contributed by atoms with Gasteiger partial charge in [0.25, 0.3) is 0 Å². The van der Waals surface area contributed by atoms with Crippen LogP contribution in [-0.4, -0.2) is 69.8 Å². The second-order valence-electron chi connectivity index (χ2n) is 7.22. The molecule has 1 aliphatic heterocycles. The number of carbonyl (C=O) groups is 1. The molecule has 0 spiro atoms. The Morgan fingerprint density at radius 1 is 1.37 bits per heavy atom. The minimum absolute atomic E-state index is 0.00752. The molecule has 1 aromatic rings. The maximum absolute atomic E-state index is 12.0. The largest absolute Gasteiger partial charge is 0.379 e. The van der Waals surface area contributed by atoms with Crippen molar-refractivity contribution in [1.29, 1.82) is 0 Å². The van der Waals surface area contributed by atoms with Gasteiger partial charge in [-0.15, -0.1) is 11.3 Å². The average molecular weight is 396 g/mol. The highest BCUT2D eigenvalue weighted by Crippen LogP contribution is 2.25. The molecular formula is C19H33N5O2S. The number of amides is 1. The first-order valence-electron chi connectivity index (χ1n) is 9.57. The molecule has 2 heterocycles. The average Bonchev–Trinajstić information content (AvgIpc) is 3.20. The molecule has 0 aliphatic carbocycles. The Kier molecular flexibility index (Phi) is 8.53. The number of carbonyl (C=O) groups excluding carboxylic acids is 1. The van der Waals surface area contributed by atoms with Crippen molar-refractivity contribution in [2.75, 3.05) is 53.0 Å². The number of hydrogen-bond donors (Lipinski definition) is 3. The zero-order valence-electron chi connectivity index (χ0n) is 16.9. The number of guanidine groups is 1. The van der Waals surface area contributed by atoms with Gasteiger partial charge in [-0.3, -0.25) is 14.7 Å². The van der Waals surface area contributed by atoms with Crippen molar-refractivity contribution >= 4 is 23.2 Å². The molecule has 27 heavy (non-hydrogen) atoms. The van der Waals surface area contributed by atoms with Gasteiger partial charge in [-0.1, -0.05) is 6.07 Å². The third-order valence-corrected chi connectivity index (χ3v) is 5.61. The van der Waals surface area contributed by atoms with Crippen LogP contribution in [-0.2, 0) is 9.53 Å². The van der Waals surface area contributed by atoms with E-state index < -0.39 is 5.41 Å². The van der Waals surface area contributed by atoms with Crippen LogP contribution in [0.25, 0.3) is 0 Å². The van der Waals surface area contributed by atoms with E-state index in [9.17, 15) is 4.79 Å². The van der Waals surface area contributed by atoms with E-state index in [0.717, 1.165) is 45.4 Å². The van der Waals surface area contributed by atoms with Crippen LogP contribution in [0.4, 0.5) is 0 Å². The monoisotopic (exact) mass is 395 g/mol. The summed E-state index contributed by atoms with van der Waals surface area (Å²) in [5.74, 6) is 0.733. The fourth-order valence-electron chi connectivity index (χ4n) is 3.00. The molecule has 152 valence electrons. The molecule has 1 aromatic heterocycles. The van der Waals surface area contributed by atoms with Crippen LogP contribution in [0.2, 0.25) is 0 Å². The van der Waals surface area contributed by atoms with Crippen LogP contribution in [0.3, 0.4) is 0 Å². The molecule has 7 nitrogen and oxygen atoms in total. The number of aliphatic imine (C=N–C) groups is 1. The van der Waals surface area contributed by atoms with Crippen LogP contribution < -0.4 is 16.0 Å². The Hall–Kier alpha value is -1.64. The van der Waals surface area contributed by atoms with Gasteiger partial charge in [0.1, 0.15) is 0 Å². The van der Waals surface area contributed by atoms with Crippen LogP contribution in [0.15, 0.2) is 22.5 Å². The molecule has 2 rings (SSSR count). The normalized spacial score (nSPS) is 17.4. The van der Waals surface area contributed by atoms with E-state index >= 15 is 0 Å².